The summed E-state index contributed by atoms with van der Waals surface area (Å²) in [5.41, 5.74) is 0.750. The van der Waals surface area contributed by atoms with Crippen molar-refractivity contribution in [3.63, 3.8) is 0 Å². The Hall–Kier alpha value is -2.10. The molecule has 7 nitrogen and oxygen atoms in total. The Morgan fingerprint density at radius 2 is 2.03 bits per heavy atom. The Balaban J connectivity index is 1.81. The number of carbonyl (C=O) groups excluding carboxylic acids is 3. The molecule has 3 heterocycles. The highest BCUT2D eigenvalue weighted by atomic mass is 79.9. The number of hydrogen-bond acceptors (Lipinski definition) is 6. The normalized spacial score (nSPS) is 30.1. The van der Waals surface area contributed by atoms with Crippen LogP contribution in [0.4, 0.5) is 0 Å². The summed E-state index contributed by atoms with van der Waals surface area (Å²) in [6.45, 7) is 10.3. The number of thioether (sulfide) groups is 1. The molecule has 9 heteroatoms. The third kappa shape index (κ3) is 4.97. The lowest BCUT2D eigenvalue weighted by molar-refractivity contribution is -0.153. The van der Waals surface area contributed by atoms with Crippen LogP contribution in [0, 0.1) is 11.8 Å². The van der Waals surface area contributed by atoms with Gasteiger partial charge in [-0.1, -0.05) is 84.8 Å². The van der Waals surface area contributed by atoms with Crippen molar-refractivity contribution in [1.29, 1.82) is 0 Å². The fourth-order valence-electron chi connectivity index (χ4n) is 6.39. The molecular weight excluding hydrogens is 568 g/mol. The average molecular weight is 606 g/mol. The number of aliphatic hydroxyl groups is 1. The Morgan fingerprint density at radius 1 is 1.29 bits per heavy atom. The van der Waals surface area contributed by atoms with Gasteiger partial charge >= 0.3 is 5.97 Å². The molecule has 0 aliphatic carbocycles. The molecule has 1 aromatic carbocycles. The molecule has 1 aromatic rings. The summed E-state index contributed by atoms with van der Waals surface area (Å²) < 4.78 is 4.65. The predicted molar refractivity (Wildman–Crippen MR) is 153 cm³/mol. The fraction of sp³-hybridized carbons (Fsp3) is 0.552. The lowest BCUT2D eigenvalue weighted by atomic mass is 9.71. The lowest BCUT2D eigenvalue weighted by Crippen LogP contribution is -2.56. The van der Waals surface area contributed by atoms with E-state index in [1.165, 1.54) is 6.08 Å². The molecular formula is C29H37BrN2O5S. The lowest BCUT2D eigenvalue weighted by Gasteiger charge is -2.40. The molecule has 0 saturated carbocycles. The number of likely N-dealkylation sites (tertiary alicyclic amines) is 1. The first kappa shape index (κ1) is 28.9. The van der Waals surface area contributed by atoms with E-state index < -0.39 is 34.6 Å². The summed E-state index contributed by atoms with van der Waals surface area (Å²) in [5.74, 6) is -2.26. The molecule has 1 N–H and O–H groups in total. The highest BCUT2D eigenvalue weighted by Gasteiger charge is 2.76. The minimum absolute atomic E-state index is 0.0506. The summed E-state index contributed by atoms with van der Waals surface area (Å²) >= 11 is 5.34. The Morgan fingerprint density at radius 3 is 2.66 bits per heavy atom. The number of aliphatic hydroxyl groups excluding tert-OH is 1. The summed E-state index contributed by atoms with van der Waals surface area (Å²) in [7, 11) is 0. The molecule has 38 heavy (non-hydrogen) atoms. The number of hydrogen-bond donors (Lipinski definition) is 1. The molecule has 3 aliphatic heterocycles. The van der Waals surface area contributed by atoms with E-state index in [1.807, 2.05) is 30.3 Å². The van der Waals surface area contributed by atoms with Gasteiger partial charge in [-0.05, 0) is 18.4 Å². The van der Waals surface area contributed by atoms with Crippen LogP contribution in [0.2, 0.25) is 0 Å². The van der Waals surface area contributed by atoms with Crippen molar-refractivity contribution in [2.24, 2.45) is 11.8 Å². The van der Waals surface area contributed by atoms with E-state index in [2.05, 4.69) is 36.0 Å². The van der Waals surface area contributed by atoms with Gasteiger partial charge in [-0.15, -0.1) is 18.3 Å². The zero-order valence-electron chi connectivity index (χ0n) is 21.8. The molecule has 3 fully saturated rings. The Bertz CT molecular complexity index is 1050. The zero-order chi connectivity index (χ0) is 27.4. The number of rotatable bonds is 13. The van der Waals surface area contributed by atoms with Crippen molar-refractivity contribution in [3.8, 4) is 0 Å². The largest absolute Gasteiger partial charge is 0.461 e. The summed E-state index contributed by atoms with van der Waals surface area (Å²) in [6.07, 6.45) is 6.65. The first-order chi connectivity index (χ1) is 18.4. The number of halogens is 1. The van der Waals surface area contributed by atoms with E-state index in [9.17, 15) is 19.5 Å². The number of esters is 1. The van der Waals surface area contributed by atoms with E-state index in [0.29, 0.717) is 19.5 Å². The van der Waals surface area contributed by atoms with Crippen LogP contribution in [0.5, 0.6) is 0 Å². The molecule has 2 bridgehead atoms. The van der Waals surface area contributed by atoms with Crippen LogP contribution in [0.3, 0.4) is 0 Å². The number of unbranched alkanes of at least 4 members (excludes halogenated alkanes) is 2. The van der Waals surface area contributed by atoms with Crippen molar-refractivity contribution in [3.05, 3.63) is 61.2 Å². The molecule has 2 amide bonds. The number of nitrogens with zero attached hydrogens (tertiary/aromatic N) is 2. The van der Waals surface area contributed by atoms with Crippen molar-refractivity contribution in [2.75, 3.05) is 26.3 Å². The van der Waals surface area contributed by atoms with Crippen LogP contribution in [-0.4, -0.2) is 79.9 Å². The molecule has 3 aliphatic rings. The van der Waals surface area contributed by atoms with Crippen molar-refractivity contribution in [2.45, 2.75) is 59.5 Å². The standard InChI is InChI=1S/C29H37BrN2O5S/c1-4-7-11-15-31(14-5-2)27(35)25-29-17-20(30)24(38-29)22(28(36)37-16-6-3)23(29)26(34)32(25)21(18-33)19-12-9-8-10-13-19/h5-6,8-10,12-13,20-25,33H,2-4,7,11,14-18H2,1H3/t20?,21-,22-,23+,24-,25?,29?/m1/s1. The first-order valence-corrected chi connectivity index (χ1v) is 15.1. The van der Waals surface area contributed by atoms with Crippen LogP contribution in [0.25, 0.3) is 0 Å². The number of benzene rings is 1. The molecule has 3 unspecified atom stereocenters. The van der Waals surface area contributed by atoms with Crippen LogP contribution >= 0.6 is 27.7 Å². The third-order valence-corrected chi connectivity index (χ3v) is 11.2. The quantitative estimate of drug-likeness (QED) is 0.158. The highest BCUT2D eigenvalue weighted by molar-refractivity contribution is 9.09. The smallest absolute Gasteiger partial charge is 0.311 e. The van der Waals surface area contributed by atoms with Gasteiger partial charge in [-0.3, -0.25) is 14.4 Å². The van der Waals surface area contributed by atoms with Crippen LogP contribution in [0.15, 0.2) is 55.6 Å². The third-order valence-electron chi connectivity index (χ3n) is 7.96. The molecule has 3 saturated heterocycles. The number of alkyl halides is 1. The average Bonchev–Trinajstić information content (AvgIpc) is 3.51. The van der Waals surface area contributed by atoms with Gasteiger partial charge in [0.2, 0.25) is 11.8 Å². The second-order valence-electron chi connectivity index (χ2n) is 10.2. The minimum Gasteiger partial charge on any atom is -0.461 e. The van der Waals surface area contributed by atoms with Gasteiger partial charge < -0.3 is 19.6 Å². The first-order valence-electron chi connectivity index (χ1n) is 13.3. The molecule has 0 aromatic heterocycles. The molecule has 4 rings (SSSR count). The van der Waals surface area contributed by atoms with Crippen LogP contribution in [0.1, 0.15) is 44.2 Å². The summed E-state index contributed by atoms with van der Waals surface area (Å²) in [5, 5.41) is 10.4. The Kier molecular flexibility index (Phi) is 9.42. The predicted octanol–water partition coefficient (Wildman–Crippen LogP) is 4.12. The molecule has 0 radical (unpaired) electrons. The molecule has 7 atom stereocenters. The van der Waals surface area contributed by atoms with Gasteiger partial charge in [0, 0.05) is 23.2 Å². The maximum atomic E-state index is 14.5. The number of amides is 2. The summed E-state index contributed by atoms with van der Waals surface area (Å²) in [4.78, 5) is 45.4. The molecule has 206 valence electrons. The second-order valence-corrected chi connectivity index (χ2v) is 12.9. The molecule has 1 spiro atoms. The topological polar surface area (TPSA) is 87.2 Å². The highest BCUT2D eigenvalue weighted by Crippen LogP contribution is 2.68. The van der Waals surface area contributed by atoms with Crippen molar-refractivity contribution in [1.82, 2.24) is 9.80 Å². The van der Waals surface area contributed by atoms with Crippen LogP contribution in [-0.2, 0) is 19.1 Å². The van der Waals surface area contributed by atoms with Gasteiger partial charge in [0.1, 0.15) is 12.6 Å². The van der Waals surface area contributed by atoms with E-state index >= 15 is 0 Å². The number of ether oxygens (including phenoxy) is 1. The second kappa shape index (κ2) is 12.4. The van der Waals surface area contributed by atoms with E-state index in [1.54, 1.807) is 27.6 Å². The van der Waals surface area contributed by atoms with E-state index in [-0.39, 0.29) is 35.1 Å². The Labute approximate surface area is 237 Å². The monoisotopic (exact) mass is 604 g/mol. The van der Waals surface area contributed by atoms with Crippen LogP contribution < -0.4 is 0 Å². The maximum Gasteiger partial charge on any atom is 0.311 e. The fourth-order valence-corrected chi connectivity index (χ4v) is 9.97. The van der Waals surface area contributed by atoms with Gasteiger partial charge in [-0.2, -0.15) is 0 Å². The van der Waals surface area contributed by atoms with Crippen molar-refractivity contribution < 1.29 is 24.2 Å². The van der Waals surface area contributed by atoms with Gasteiger partial charge in [0.25, 0.3) is 0 Å². The number of fused-ring (bicyclic) bond motifs is 1. The zero-order valence-corrected chi connectivity index (χ0v) is 24.2. The minimum atomic E-state index is -0.828. The number of carbonyl (C=O) groups is 3. The van der Waals surface area contributed by atoms with Crippen molar-refractivity contribution >= 4 is 45.5 Å². The summed E-state index contributed by atoms with van der Waals surface area (Å²) in [6, 6.07) is 7.76. The SMILES string of the molecule is C=CCOC(=O)[C@H]1[C@@H]2SC3(CC2Br)C(C(=O)N(CC=C)CCCCC)N([C@H](CO)c2ccccc2)C(=O)[C@H]13. The van der Waals surface area contributed by atoms with Gasteiger partial charge in [0.15, 0.2) is 0 Å². The maximum absolute atomic E-state index is 14.5. The van der Waals surface area contributed by atoms with E-state index in [4.69, 9.17) is 4.74 Å². The van der Waals surface area contributed by atoms with Gasteiger partial charge in [-0.25, -0.2) is 0 Å². The van der Waals surface area contributed by atoms with Gasteiger partial charge in [0.05, 0.1) is 29.2 Å². The van der Waals surface area contributed by atoms with E-state index in [0.717, 1.165) is 24.8 Å².